The van der Waals surface area contributed by atoms with Crippen LogP contribution in [0.3, 0.4) is 0 Å². The normalized spacial score (nSPS) is 33.1. The third kappa shape index (κ3) is 11.9. The van der Waals surface area contributed by atoms with Gasteiger partial charge in [-0.25, -0.2) is 4.79 Å². The Labute approximate surface area is 296 Å². The summed E-state index contributed by atoms with van der Waals surface area (Å²) in [5, 5.41) is 111. The number of carbonyl (C=O) groups excluding carboxylic acids is 3. The first-order chi connectivity index (χ1) is 24.0. The molecular formula is C27H47N3O21S. The number of carboxylic acids is 1. The van der Waals surface area contributed by atoms with Crippen LogP contribution in [0.4, 0.5) is 0 Å². The quantitative estimate of drug-likeness (QED) is 0.0574. The van der Waals surface area contributed by atoms with E-state index in [0.29, 0.717) is 0 Å². The molecule has 15 atom stereocenters. The lowest BCUT2D eigenvalue weighted by molar-refractivity contribution is -0.336. The first-order valence-electron chi connectivity index (χ1n) is 15.6. The molecule has 0 radical (unpaired) electrons. The minimum Gasteiger partial charge on any atom is -0.477 e. The number of ether oxygens (including phenoxy) is 4. The van der Waals surface area contributed by atoms with Crippen LogP contribution >= 0.6 is 0 Å². The summed E-state index contributed by atoms with van der Waals surface area (Å²) >= 11 is 0. The van der Waals surface area contributed by atoms with E-state index in [1.165, 1.54) is 0 Å². The highest BCUT2D eigenvalue weighted by molar-refractivity contribution is 7.85. The average Bonchev–Trinajstić information content (AvgIpc) is 3.03. The number of aliphatic carboxylic acids is 1. The second-order valence-corrected chi connectivity index (χ2v) is 13.8. The Balaban J connectivity index is 2.51. The smallest absolute Gasteiger partial charge is 0.364 e. The first-order valence-corrected chi connectivity index (χ1v) is 17.2. The molecule has 25 heteroatoms. The van der Waals surface area contributed by atoms with E-state index in [1.54, 1.807) is 0 Å². The third-order valence-corrected chi connectivity index (χ3v) is 8.89. The summed E-state index contributed by atoms with van der Waals surface area (Å²) in [6, 6.07) is -5.02. The van der Waals surface area contributed by atoms with E-state index in [0.717, 1.165) is 20.8 Å². The van der Waals surface area contributed by atoms with Gasteiger partial charge in [-0.3, -0.25) is 18.9 Å². The Bertz CT molecular complexity index is 1340. The lowest BCUT2D eigenvalue weighted by Gasteiger charge is -2.48. The first kappa shape index (κ1) is 45.4. The summed E-state index contributed by atoms with van der Waals surface area (Å²) in [5.41, 5.74) is 0. The SMILES string of the molecule is CC(=O)N[C@H]1[C@H](O[C@@H]([C@H](O)[C@H](CO)NC(C)=O)[C@H](O)CS(=O)(=O)O)O[C@H](CO[C@]2(C(=O)O)C[C@H](O)[C@@H](NC(C)=O)[C@H]([C@H](O)[C@H](O)CO)O2)[C@H](O)[C@@H]1O. The van der Waals surface area contributed by atoms with Crippen LogP contribution in [-0.4, -0.2) is 205 Å². The highest BCUT2D eigenvalue weighted by Gasteiger charge is 2.57. The number of nitrogens with one attached hydrogen (secondary N) is 3. The van der Waals surface area contributed by atoms with Crippen LogP contribution < -0.4 is 16.0 Å². The molecule has 0 aliphatic carbocycles. The zero-order chi connectivity index (χ0) is 39.9. The molecule has 52 heavy (non-hydrogen) atoms. The van der Waals surface area contributed by atoms with Crippen LogP contribution in [0.25, 0.3) is 0 Å². The maximum atomic E-state index is 12.6. The van der Waals surface area contributed by atoms with Gasteiger partial charge in [0.25, 0.3) is 15.9 Å². The fraction of sp³-hybridized carbons (Fsp3) is 0.852. The van der Waals surface area contributed by atoms with E-state index in [-0.39, 0.29) is 0 Å². The molecule has 0 aromatic carbocycles. The lowest BCUT2D eigenvalue weighted by Crippen LogP contribution is -2.69. The van der Waals surface area contributed by atoms with Gasteiger partial charge in [0.2, 0.25) is 17.7 Å². The highest BCUT2D eigenvalue weighted by Crippen LogP contribution is 2.35. The van der Waals surface area contributed by atoms with Gasteiger partial charge in [0.05, 0.1) is 44.1 Å². The standard InChI is InChI=1S/C27H47N3O21S/c1-9(33)28-12(5-31)19(39)23(15(38)8-52(45,46)47)50-25-18(30-11(3)35)22(42)21(41)16(49-25)7-48-27(26(43)44)4-13(36)17(29-10(2)34)24(51-27)20(40)14(37)6-32/h12-25,31-32,36-42H,4-8H2,1-3H3,(H,28,33)(H,29,34)(H,30,35)(H,43,44)(H,45,46,47)/t12-,13-,14+,15+,16+,17+,18+,19+,20+,21-,22+,23+,24+,25-,27+/m0/s1. The summed E-state index contributed by atoms with van der Waals surface area (Å²) in [6.45, 7) is -0.238. The van der Waals surface area contributed by atoms with E-state index >= 15 is 0 Å². The van der Waals surface area contributed by atoms with Gasteiger partial charge in [-0.05, 0) is 0 Å². The molecule has 0 spiro atoms. The van der Waals surface area contributed by atoms with E-state index in [1.807, 2.05) is 0 Å². The molecule has 2 fully saturated rings. The number of hydrogen-bond donors (Lipinski definition) is 14. The van der Waals surface area contributed by atoms with Crippen molar-refractivity contribution >= 4 is 33.8 Å². The molecule has 0 bridgehead atoms. The van der Waals surface area contributed by atoms with E-state index < -0.39 is 157 Å². The molecule has 2 aliphatic heterocycles. The largest absolute Gasteiger partial charge is 0.477 e. The van der Waals surface area contributed by atoms with Gasteiger partial charge in [-0.15, -0.1) is 0 Å². The zero-order valence-corrected chi connectivity index (χ0v) is 28.8. The van der Waals surface area contributed by atoms with E-state index in [2.05, 4.69) is 16.0 Å². The summed E-state index contributed by atoms with van der Waals surface area (Å²) in [7, 11) is -5.00. The van der Waals surface area contributed by atoms with Gasteiger partial charge in [0.15, 0.2) is 6.29 Å². The Hall–Kier alpha value is -2.73. The number of rotatable bonds is 18. The minimum atomic E-state index is -5.00. The Morgan fingerprint density at radius 3 is 1.94 bits per heavy atom. The number of carboxylic acid groups (broad SMARTS) is 1. The number of hydrogen-bond acceptors (Lipinski definition) is 19. The predicted molar refractivity (Wildman–Crippen MR) is 165 cm³/mol. The Kier molecular flexibility index (Phi) is 16.6. The summed E-state index contributed by atoms with van der Waals surface area (Å²) in [5.74, 6) is -8.86. The summed E-state index contributed by atoms with van der Waals surface area (Å²) in [4.78, 5) is 48.0. The van der Waals surface area contributed by atoms with Crippen LogP contribution in [0.1, 0.15) is 27.2 Å². The molecule has 2 heterocycles. The van der Waals surface area contributed by atoms with Gasteiger partial charge < -0.3 is 86.0 Å². The van der Waals surface area contributed by atoms with Crippen molar-refractivity contribution in [3.63, 3.8) is 0 Å². The lowest BCUT2D eigenvalue weighted by atomic mass is 9.88. The van der Waals surface area contributed by atoms with Crippen LogP contribution in [0.2, 0.25) is 0 Å². The zero-order valence-electron chi connectivity index (χ0n) is 28.0. The van der Waals surface area contributed by atoms with Gasteiger partial charge in [-0.2, -0.15) is 8.42 Å². The van der Waals surface area contributed by atoms with Gasteiger partial charge in [0.1, 0.15) is 60.6 Å². The van der Waals surface area contributed by atoms with E-state index in [4.69, 9.17) is 18.9 Å². The average molecular weight is 782 g/mol. The van der Waals surface area contributed by atoms with Crippen molar-refractivity contribution in [2.24, 2.45) is 0 Å². The van der Waals surface area contributed by atoms with Crippen molar-refractivity contribution in [3.8, 4) is 0 Å². The molecular weight excluding hydrogens is 734 g/mol. The molecule has 0 aromatic heterocycles. The predicted octanol–water partition coefficient (Wildman–Crippen LogP) is -8.40. The Morgan fingerprint density at radius 1 is 0.885 bits per heavy atom. The molecule has 3 amide bonds. The number of aliphatic hydroxyl groups excluding tert-OH is 9. The monoisotopic (exact) mass is 781 g/mol. The molecule has 24 nitrogen and oxygen atoms in total. The molecule has 2 rings (SSSR count). The fourth-order valence-corrected chi connectivity index (χ4v) is 6.28. The van der Waals surface area contributed by atoms with Crippen molar-refractivity contribution in [1.82, 2.24) is 16.0 Å². The molecule has 2 aliphatic rings. The van der Waals surface area contributed by atoms with Crippen molar-refractivity contribution in [1.29, 1.82) is 0 Å². The van der Waals surface area contributed by atoms with Crippen LogP contribution in [-0.2, 0) is 48.2 Å². The van der Waals surface area contributed by atoms with Gasteiger partial charge >= 0.3 is 5.97 Å². The van der Waals surface area contributed by atoms with Crippen LogP contribution in [0.5, 0.6) is 0 Å². The minimum absolute atomic E-state index is 0.771. The maximum absolute atomic E-state index is 12.6. The molecule has 14 N–H and O–H groups in total. The summed E-state index contributed by atoms with van der Waals surface area (Å²) < 4.78 is 54.7. The van der Waals surface area contributed by atoms with Crippen molar-refractivity contribution < 1.29 is 102 Å². The second-order valence-electron chi connectivity index (χ2n) is 12.3. The van der Waals surface area contributed by atoms with E-state index in [9.17, 15) is 83.2 Å². The topological polar surface area (TPSA) is 398 Å². The molecule has 302 valence electrons. The summed E-state index contributed by atoms with van der Waals surface area (Å²) in [6.07, 6.45) is -23.9. The second kappa shape index (κ2) is 19.0. The van der Waals surface area contributed by atoms with Gasteiger partial charge in [-0.1, -0.05) is 0 Å². The van der Waals surface area contributed by atoms with Crippen molar-refractivity contribution in [3.05, 3.63) is 0 Å². The van der Waals surface area contributed by atoms with Crippen LogP contribution in [0.15, 0.2) is 0 Å². The van der Waals surface area contributed by atoms with Crippen LogP contribution in [0, 0.1) is 0 Å². The van der Waals surface area contributed by atoms with Gasteiger partial charge in [0, 0.05) is 27.2 Å². The van der Waals surface area contributed by atoms with Crippen molar-refractivity contribution in [2.75, 3.05) is 25.6 Å². The van der Waals surface area contributed by atoms with Crippen molar-refractivity contribution in [2.45, 2.75) is 118 Å². The highest BCUT2D eigenvalue weighted by atomic mass is 32.2. The molecule has 0 unspecified atom stereocenters. The molecule has 0 aromatic rings. The fourth-order valence-electron chi connectivity index (χ4n) is 5.66. The number of carbonyl (C=O) groups is 4. The Morgan fingerprint density at radius 2 is 1.46 bits per heavy atom. The number of aliphatic hydroxyl groups is 9. The molecule has 0 saturated carbocycles. The number of amides is 3. The third-order valence-electron chi connectivity index (χ3n) is 8.12. The molecule has 2 saturated heterocycles. The maximum Gasteiger partial charge on any atom is 0.364 e.